The number of hydrogen-bond donors (Lipinski definition) is 2. The van der Waals surface area contributed by atoms with Crippen LogP contribution in [0.3, 0.4) is 0 Å². The summed E-state index contributed by atoms with van der Waals surface area (Å²) in [6, 6.07) is 12.4. The van der Waals surface area contributed by atoms with Crippen LogP contribution >= 0.6 is 0 Å². The van der Waals surface area contributed by atoms with Crippen LogP contribution in [0.2, 0.25) is 0 Å². The second kappa shape index (κ2) is 7.35. The lowest BCUT2D eigenvalue weighted by atomic mass is 10.1. The number of rotatable bonds is 6. The maximum Gasteiger partial charge on any atom is 0.387 e. The summed E-state index contributed by atoms with van der Waals surface area (Å²) in [5, 5.41) is 13.0. The van der Waals surface area contributed by atoms with Gasteiger partial charge in [-0.05, 0) is 37.3 Å². The van der Waals surface area contributed by atoms with Crippen LogP contribution in [0.1, 0.15) is 22.8 Å². The Morgan fingerprint density at radius 2 is 1.96 bits per heavy atom. The SMILES string of the molecule is C/C(=N/Nc1cccc(C(=O)O)c1)c1ccccc1OC(F)F. The van der Waals surface area contributed by atoms with Gasteiger partial charge in [-0.3, -0.25) is 5.43 Å². The van der Waals surface area contributed by atoms with E-state index in [1.165, 1.54) is 18.2 Å². The molecule has 0 radical (unpaired) electrons. The highest BCUT2D eigenvalue weighted by Gasteiger charge is 2.11. The van der Waals surface area contributed by atoms with Gasteiger partial charge in [-0.1, -0.05) is 18.2 Å². The molecule has 0 heterocycles. The fourth-order valence-electron chi connectivity index (χ4n) is 1.89. The summed E-state index contributed by atoms with van der Waals surface area (Å²) < 4.78 is 29.3. The highest BCUT2D eigenvalue weighted by molar-refractivity contribution is 6.01. The first-order valence-corrected chi connectivity index (χ1v) is 6.65. The number of alkyl halides is 2. The van der Waals surface area contributed by atoms with E-state index in [1.54, 1.807) is 37.3 Å². The maximum atomic E-state index is 12.4. The minimum atomic E-state index is -2.93. The molecule has 0 aliphatic carbocycles. The predicted octanol–water partition coefficient (Wildman–Crippen LogP) is 3.82. The number of aromatic carboxylic acids is 1. The third-order valence-corrected chi connectivity index (χ3v) is 2.96. The molecule has 23 heavy (non-hydrogen) atoms. The summed E-state index contributed by atoms with van der Waals surface area (Å²) in [4.78, 5) is 10.9. The smallest absolute Gasteiger partial charge is 0.387 e. The van der Waals surface area contributed by atoms with Gasteiger partial charge in [0.25, 0.3) is 0 Å². The quantitative estimate of drug-likeness (QED) is 0.627. The van der Waals surface area contributed by atoms with E-state index in [-0.39, 0.29) is 11.3 Å². The van der Waals surface area contributed by atoms with Gasteiger partial charge in [-0.15, -0.1) is 0 Å². The van der Waals surface area contributed by atoms with E-state index in [0.717, 1.165) is 0 Å². The second-order valence-electron chi connectivity index (χ2n) is 4.57. The molecule has 0 bridgehead atoms. The zero-order valence-corrected chi connectivity index (χ0v) is 12.2. The van der Waals surface area contributed by atoms with Crippen molar-refractivity contribution in [2.75, 3.05) is 5.43 Å². The Morgan fingerprint density at radius 3 is 2.65 bits per heavy atom. The van der Waals surface area contributed by atoms with Gasteiger partial charge in [-0.2, -0.15) is 13.9 Å². The number of nitrogens with one attached hydrogen (secondary N) is 1. The molecule has 0 spiro atoms. The fourth-order valence-corrected chi connectivity index (χ4v) is 1.89. The molecule has 2 aromatic carbocycles. The van der Waals surface area contributed by atoms with Crippen LogP contribution in [0.15, 0.2) is 53.6 Å². The second-order valence-corrected chi connectivity index (χ2v) is 4.57. The molecule has 0 aliphatic heterocycles. The number of para-hydroxylation sites is 1. The van der Waals surface area contributed by atoms with Crippen molar-refractivity contribution in [1.29, 1.82) is 0 Å². The van der Waals surface area contributed by atoms with Gasteiger partial charge < -0.3 is 9.84 Å². The van der Waals surface area contributed by atoms with Crippen molar-refractivity contribution in [3.8, 4) is 5.75 Å². The molecule has 7 heteroatoms. The fraction of sp³-hybridized carbons (Fsp3) is 0.125. The molecule has 2 rings (SSSR count). The van der Waals surface area contributed by atoms with Gasteiger partial charge >= 0.3 is 12.6 Å². The van der Waals surface area contributed by atoms with Crippen molar-refractivity contribution in [1.82, 2.24) is 0 Å². The zero-order valence-electron chi connectivity index (χ0n) is 12.2. The van der Waals surface area contributed by atoms with E-state index >= 15 is 0 Å². The number of carboxylic acids is 1. The average molecular weight is 320 g/mol. The number of carboxylic acid groups (broad SMARTS) is 1. The third kappa shape index (κ3) is 4.50. The van der Waals surface area contributed by atoms with Crippen molar-refractivity contribution >= 4 is 17.4 Å². The summed E-state index contributed by atoms with van der Waals surface area (Å²) >= 11 is 0. The molecule has 2 N–H and O–H groups in total. The van der Waals surface area contributed by atoms with Crippen LogP contribution in [0, 0.1) is 0 Å². The highest BCUT2D eigenvalue weighted by atomic mass is 19.3. The lowest BCUT2D eigenvalue weighted by Gasteiger charge is -2.10. The van der Waals surface area contributed by atoms with Gasteiger partial charge in [0.15, 0.2) is 0 Å². The lowest BCUT2D eigenvalue weighted by Crippen LogP contribution is -2.08. The molecule has 0 saturated carbocycles. The number of nitrogens with zero attached hydrogens (tertiary/aromatic N) is 1. The van der Waals surface area contributed by atoms with Crippen LogP contribution in [-0.2, 0) is 0 Å². The highest BCUT2D eigenvalue weighted by Crippen LogP contribution is 2.21. The molecule has 0 amide bonds. The summed E-state index contributed by atoms with van der Waals surface area (Å²) in [7, 11) is 0. The molecular formula is C16H14F2N2O3. The zero-order chi connectivity index (χ0) is 16.8. The van der Waals surface area contributed by atoms with Crippen LogP contribution in [0.25, 0.3) is 0 Å². The Hall–Kier alpha value is -2.96. The number of hydrazone groups is 1. The van der Waals surface area contributed by atoms with E-state index in [4.69, 9.17) is 5.11 Å². The number of benzene rings is 2. The number of halogens is 2. The molecule has 0 aliphatic rings. The van der Waals surface area contributed by atoms with Crippen molar-refractivity contribution in [2.45, 2.75) is 13.5 Å². The Balaban J connectivity index is 2.20. The van der Waals surface area contributed by atoms with Crippen LogP contribution in [0.4, 0.5) is 14.5 Å². The topological polar surface area (TPSA) is 70.9 Å². The molecule has 0 unspecified atom stereocenters. The normalized spacial score (nSPS) is 11.4. The lowest BCUT2D eigenvalue weighted by molar-refractivity contribution is -0.0499. The molecule has 0 fully saturated rings. The van der Waals surface area contributed by atoms with Crippen molar-refractivity contribution in [3.05, 3.63) is 59.7 Å². The van der Waals surface area contributed by atoms with Gasteiger partial charge in [0.1, 0.15) is 5.75 Å². The monoisotopic (exact) mass is 320 g/mol. The molecule has 5 nitrogen and oxygen atoms in total. The largest absolute Gasteiger partial charge is 0.478 e. The summed E-state index contributed by atoms with van der Waals surface area (Å²) in [6.07, 6.45) is 0. The molecule has 2 aromatic rings. The van der Waals surface area contributed by atoms with E-state index in [2.05, 4.69) is 15.3 Å². The van der Waals surface area contributed by atoms with Gasteiger partial charge in [0, 0.05) is 5.56 Å². The van der Waals surface area contributed by atoms with Crippen LogP contribution in [-0.4, -0.2) is 23.4 Å². The first kappa shape index (κ1) is 16.4. The minimum absolute atomic E-state index is 0.0184. The minimum Gasteiger partial charge on any atom is -0.478 e. The first-order valence-electron chi connectivity index (χ1n) is 6.65. The Kier molecular flexibility index (Phi) is 5.24. The summed E-state index contributed by atoms with van der Waals surface area (Å²) in [6.45, 7) is -1.30. The van der Waals surface area contributed by atoms with Crippen molar-refractivity contribution in [2.24, 2.45) is 5.10 Å². The molecule has 120 valence electrons. The van der Waals surface area contributed by atoms with E-state index in [9.17, 15) is 13.6 Å². The summed E-state index contributed by atoms with van der Waals surface area (Å²) in [5.74, 6) is -1.03. The van der Waals surface area contributed by atoms with Crippen LogP contribution in [0.5, 0.6) is 5.75 Å². The number of ether oxygens (including phenoxy) is 1. The van der Waals surface area contributed by atoms with Gasteiger partial charge in [0.05, 0.1) is 17.0 Å². The number of hydrogen-bond acceptors (Lipinski definition) is 4. The Labute approximate surface area is 131 Å². The molecule has 0 atom stereocenters. The van der Waals surface area contributed by atoms with Gasteiger partial charge in [-0.25, -0.2) is 4.79 Å². The first-order chi connectivity index (χ1) is 11.0. The third-order valence-electron chi connectivity index (χ3n) is 2.96. The van der Waals surface area contributed by atoms with Gasteiger partial charge in [0.2, 0.25) is 0 Å². The van der Waals surface area contributed by atoms with E-state index in [0.29, 0.717) is 17.0 Å². The average Bonchev–Trinajstić information content (AvgIpc) is 2.53. The van der Waals surface area contributed by atoms with Crippen molar-refractivity contribution < 1.29 is 23.4 Å². The summed E-state index contributed by atoms with van der Waals surface area (Å²) in [5.41, 5.74) is 4.11. The molecule has 0 aromatic heterocycles. The standard InChI is InChI=1S/C16H14F2N2O3/c1-10(13-7-2-3-8-14(13)23-16(17)18)19-20-12-6-4-5-11(9-12)15(21)22/h2-9,16,20H,1H3,(H,21,22)/b19-10-. The predicted molar refractivity (Wildman–Crippen MR) is 82.3 cm³/mol. The molecular weight excluding hydrogens is 306 g/mol. The van der Waals surface area contributed by atoms with Crippen LogP contribution < -0.4 is 10.2 Å². The number of carbonyl (C=O) groups is 1. The molecule has 0 saturated heterocycles. The van der Waals surface area contributed by atoms with Crippen molar-refractivity contribution in [3.63, 3.8) is 0 Å². The van der Waals surface area contributed by atoms with E-state index in [1.807, 2.05) is 0 Å². The van der Waals surface area contributed by atoms with E-state index < -0.39 is 12.6 Å². The Bertz CT molecular complexity index is 733. The number of anilines is 1. The maximum absolute atomic E-state index is 12.4. The Morgan fingerprint density at radius 1 is 1.22 bits per heavy atom.